The minimum Gasteiger partial charge on any atom is -0.354 e. The lowest BCUT2D eigenvalue weighted by Gasteiger charge is -2.20. The lowest BCUT2D eigenvalue weighted by atomic mass is 10.1. The minimum atomic E-state index is 0.548. The third-order valence-corrected chi connectivity index (χ3v) is 5.43. The van der Waals surface area contributed by atoms with Crippen molar-refractivity contribution in [2.45, 2.75) is 19.0 Å². The summed E-state index contributed by atoms with van der Waals surface area (Å²) in [4.78, 5) is 18.3. The highest BCUT2D eigenvalue weighted by atomic mass is 15.5. The van der Waals surface area contributed by atoms with Crippen molar-refractivity contribution in [1.82, 2.24) is 34.8 Å². The molecule has 1 aliphatic heterocycles. The van der Waals surface area contributed by atoms with Gasteiger partial charge < -0.3 is 9.80 Å². The van der Waals surface area contributed by atoms with Crippen LogP contribution in [0.1, 0.15) is 12.0 Å². The predicted octanol–water partition coefficient (Wildman–Crippen LogP) is 1.96. The molecule has 1 fully saturated rings. The summed E-state index contributed by atoms with van der Waals surface area (Å²) in [6, 6.07) is 10.8. The zero-order valence-electron chi connectivity index (χ0n) is 16.0. The number of rotatable bonds is 4. The molecule has 1 aliphatic rings. The molecule has 0 radical (unpaired) electrons. The van der Waals surface area contributed by atoms with Crippen LogP contribution < -0.4 is 4.90 Å². The number of benzene rings is 1. The highest BCUT2D eigenvalue weighted by molar-refractivity contribution is 5.79. The summed E-state index contributed by atoms with van der Waals surface area (Å²) in [5, 5.41) is 9.58. The third-order valence-electron chi connectivity index (χ3n) is 5.43. The molecule has 8 heteroatoms. The molecule has 0 spiro atoms. The lowest BCUT2D eigenvalue weighted by molar-refractivity contribution is 0.315. The average molecular weight is 374 g/mol. The van der Waals surface area contributed by atoms with Crippen LogP contribution >= 0.6 is 0 Å². The Labute approximate surface area is 162 Å². The van der Waals surface area contributed by atoms with Crippen molar-refractivity contribution < 1.29 is 0 Å². The second-order valence-corrected chi connectivity index (χ2v) is 7.51. The zero-order chi connectivity index (χ0) is 19.1. The van der Waals surface area contributed by atoms with Crippen LogP contribution in [-0.4, -0.2) is 68.1 Å². The Morgan fingerprint density at radius 2 is 2.11 bits per heavy atom. The van der Waals surface area contributed by atoms with Gasteiger partial charge in [0.2, 0.25) is 5.65 Å². The molecule has 4 aromatic rings. The van der Waals surface area contributed by atoms with Gasteiger partial charge in [-0.05, 0) is 44.3 Å². The molecule has 1 atom stereocenters. The van der Waals surface area contributed by atoms with Gasteiger partial charge in [-0.15, -0.1) is 5.10 Å². The highest BCUT2D eigenvalue weighted by Crippen LogP contribution is 2.22. The van der Waals surface area contributed by atoms with Crippen LogP contribution in [0, 0.1) is 0 Å². The second kappa shape index (κ2) is 6.79. The summed E-state index contributed by atoms with van der Waals surface area (Å²) in [6.45, 7) is 2.55. The molecule has 142 valence electrons. The van der Waals surface area contributed by atoms with E-state index in [0.717, 1.165) is 47.4 Å². The van der Waals surface area contributed by atoms with Gasteiger partial charge in [0, 0.05) is 30.7 Å². The predicted molar refractivity (Wildman–Crippen MR) is 108 cm³/mol. The Bertz CT molecular complexity index is 1140. The Hall–Kier alpha value is -3.13. The SMILES string of the molecule is CN(C)C1CCN(c2cnc3nnn(Cc4ccc5ncccc5c4)c3n2)C1. The highest BCUT2D eigenvalue weighted by Gasteiger charge is 2.25. The summed E-state index contributed by atoms with van der Waals surface area (Å²) >= 11 is 0. The molecule has 28 heavy (non-hydrogen) atoms. The van der Waals surface area contributed by atoms with Crippen LogP contribution in [0.3, 0.4) is 0 Å². The molecule has 0 N–H and O–H groups in total. The molecule has 1 saturated heterocycles. The van der Waals surface area contributed by atoms with Gasteiger partial charge in [0.1, 0.15) is 5.82 Å². The van der Waals surface area contributed by atoms with Crippen molar-refractivity contribution >= 4 is 28.0 Å². The molecule has 0 aliphatic carbocycles. The van der Waals surface area contributed by atoms with Crippen molar-refractivity contribution in [3.63, 3.8) is 0 Å². The molecule has 0 saturated carbocycles. The van der Waals surface area contributed by atoms with Crippen molar-refractivity contribution in [3.8, 4) is 0 Å². The Kier molecular flexibility index (Phi) is 4.12. The van der Waals surface area contributed by atoms with Gasteiger partial charge in [-0.2, -0.15) is 0 Å². The largest absolute Gasteiger partial charge is 0.354 e. The van der Waals surface area contributed by atoms with Gasteiger partial charge in [-0.3, -0.25) is 4.98 Å². The van der Waals surface area contributed by atoms with E-state index in [1.807, 2.05) is 23.0 Å². The minimum absolute atomic E-state index is 0.548. The molecule has 0 amide bonds. The number of aromatic nitrogens is 6. The first-order valence-corrected chi connectivity index (χ1v) is 9.49. The van der Waals surface area contributed by atoms with Gasteiger partial charge in [0.15, 0.2) is 5.65 Å². The van der Waals surface area contributed by atoms with Crippen molar-refractivity contribution in [2.75, 3.05) is 32.1 Å². The van der Waals surface area contributed by atoms with E-state index in [9.17, 15) is 0 Å². The van der Waals surface area contributed by atoms with Crippen molar-refractivity contribution in [2.24, 2.45) is 0 Å². The summed E-state index contributed by atoms with van der Waals surface area (Å²) < 4.78 is 1.82. The number of likely N-dealkylation sites (N-methyl/N-ethyl adjacent to an activating group) is 1. The zero-order valence-corrected chi connectivity index (χ0v) is 16.0. The van der Waals surface area contributed by atoms with Crippen molar-refractivity contribution in [3.05, 3.63) is 48.3 Å². The summed E-state index contributed by atoms with van der Waals surface area (Å²) in [5.74, 6) is 0.892. The number of nitrogens with zero attached hydrogens (tertiary/aromatic N) is 8. The third kappa shape index (κ3) is 3.05. The van der Waals surface area contributed by atoms with Crippen LogP contribution in [0.15, 0.2) is 42.7 Å². The quantitative estimate of drug-likeness (QED) is 0.540. The molecule has 8 nitrogen and oxygen atoms in total. The fraction of sp³-hybridized carbons (Fsp3) is 0.350. The standard InChI is InChI=1S/C20H22N8/c1-26(2)16-7-9-27(13-16)18-11-22-19-20(23-18)28(25-24-19)12-14-5-6-17-15(10-14)4-3-8-21-17/h3-6,8,10-11,16H,7,9,12-13H2,1-2H3. The monoisotopic (exact) mass is 374 g/mol. The van der Waals surface area contributed by atoms with Crippen molar-refractivity contribution in [1.29, 1.82) is 0 Å². The molecule has 5 rings (SSSR count). The van der Waals surface area contributed by atoms with E-state index in [0.29, 0.717) is 18.2 Å². The van der Waals surface area contributed by atoms with Crippen LogP contribution in [0.25, 0.3) is 22.2 Å². The Morgan fingerprint density at radius 3 is 2.96 bits per heavy atom. The maximum absolute atomic E-state index is 4.84. The van der Waals surface area contributed by atoms with E-state index in [1.165, 1.54) is 0 Å². The summed E-state index contributed by atoms with van der Waals surface area (Å²) in [5.41, 5.74) is 3.42. The number of pyridine rings is 1. The van der Waals surface area contributed by atoms with Gasteiger partial charge in [0.05, 0.1) is 18.3 Å². The molecule has 3 aromatic heterocycles. The Balaban J connectivity index is 1.44. The van der Waals surface area contributed by atoms with Gasteiger partial charge in [-0.1, -0.05) is 17.3 Å². The normalized spacial score (nSPS) is 17.2. The number of fused-ring (bicyclic) bond motifs is 2. The van der Waals surface area contributed by atoms with E-state index < -0.39 is 0 Å². The number of hydrogen-bond donors (Lipinski definition) is 0. The smallest absolute Gasteiger partial charge is 0.221 e. The first-order chi connectivity index (χ1) is 13.7. The fourth-order valence-electron chi connectivity index (χ4n) is 3.77. The Morgan fingerprint density at radius 1 is 1.18 bits per heavy atom. The van der Waals surface area contributed by atoms with Gasteiger partial charge in [-0.25, -0.2) is 14.6 Å². The molecule has 4 heterocycles. The second-order valence-electron chi connectivity index (χ2n) is 7.51. The number of hydrogen-bond acceptors (Lipinski definition) is 7. The van der Waals surface area contributed by atoms with Crippen LogP contribution in [0.4, 0.5) is 5.82 Å². The summed E-state index contributed by atoms with van der Waals surface area (Å²) in [6.07, 6.45) is 4.75. The molecular formula is C20H22N8. The van der Waals surface area contributed by atoms with E-state index in [1.54, 1.807) is 6.20 Å². The first kappa shape index (κ1) is 17.0. The van der Waals surface area contributed by atoms with E-state index >= 15 is 0 Å². The average Bonchev–Trinajstić information content (AvgIpc) is 3.35. The first-order valence-electron chi connectivity index (χ1n) is 9.49. The number of anilines is 1. The van der Waals surface area contributed by atoms with Gasteiger partial charge >= 0.3 is 0 Å². The van der Waals surface area contributed by atoms with Gasteiger partial charge in [0.25, 0.3) is 0 Å². The topological polar surface area (TPSA) is 75.9 Å². The summed E-state index contributed by atoms with van der Waals surface area (Å²) in [7, 11) is 4.25. The molecule has 1 aromatic carbocycles. The maximum atomic E-state index is 4.84. The molecule has 0 bridgehead atoms. The van der Waals surface area contributed by atoms with Crippen LogP contribution in [0.5, 0.6) is 0 Å². The van der Waals surface area contributed by atoms with Crippen LogP contribution in [0.2, 0.25) is 0 Å². The van der Waals surface area contributed by atoms with E-state index in [2.05, 4.69) is 62.4 Å². The lowest BCUT2D eigenvalue weighted by Crippen LogP contribution is -2.31. The van der Waals surface area contributed by atoms with E-state index in [4.69, 9.17) is 4.98 Å². The maximum Gasteiger partial charge on any atom is 0.221 e. The molecule has 1 unspecified atom stereocenters. The molecular weight excluding hydrogens is 352 g/mol. The van der Waals surface area contributed by atoms with Crippen LogP contribution in [-0.2, 0) is 6.54 Å². The fourth-order valence-corrected chi connectivity index (χ4v) is 3.77. The van der Waals surface area contributed by atoms with E-state index in [-0.39, 0.29) is 0 Å².